The number of anilines is 1. The largest absolute Gasteiger partial charge is 0.399 e. The molecule has 0 saturated carbocycles. The van der Waals surface area contributed by atoms with Crippen LogP contribution in [0.4, 0.5) is 5.69 Å². The van der Waals surface area contributed by atoms with Crippen molar-refractivity contribution in [2.45, 2.75) is 26.3 Å². The molecule has 104 valence electrons. The lowest BCUT2D eigenvalue weighted by Gasteiger charge is -2.23. The van der Waals surface area contributed by atoms with Gasteiger partial charge in [-0.25, -0.2) is 0 Å². The van der Waals surface area contributed by atoms with E-state index in [2.05, 4.69) is 5.32 Å². The van der Waals surface area contributed by atoms with Crippen LogP contribution in [0, 0.1) is 0 Å². The summed E-state index contributed by atoms with van der Waals surface area (Å²) in [7, 11) is 1.59. The van der Waals surface area contributed by atoms with E-state index in [0.29, 0.717) is 11.3 Å². The summed E-state index contributed by atoms with van der Waals surface area (Å²) in [6, 6.07) is 6.70. The highest BCUT2D eigenvalue weighted by molar-refractivity contribution is 5.97. The predicted octanol–water partition coefficient (Wildman–Crippen LogP) is 1.26. The average Bonchev–Trinajstić information content (AvgIpc) is 2.25. The second-order valence-corrected chi connectivity index (χ2v) is 5.58. The lowest BCUT2D eigenvalue weighted by molar-refractivity contribution is -0.122. The molecule has 0 spiro atoms. The molecular weight excluding hydrogens is 242 g/mol. The van der Waals surface area contributed by atoms with Crippen LogP contribution in [-0.4, -0.2) is 35.8 Å². The number of rotatable bonds is 3. The number of likely N-dealkylation sites (N-methyl/N-ethyl adjacent to an activating group) is 1. The first-order chi connectivity index (χ1) is 8.69. The number of nitrogens with two attached hydrogens (primary N) is 1. The second kappa shape index (κ2) is 5.73. The van der Waals surface area contributed by atoms with Crippen molar-refractivity contribution in [2.75, 3.05) is 19.3 Å². The topological polar surface area (TPSA) is 75.4 Å². The fourth-order valence-electron chi connectivity index (χ4n) is 1.64. The van der Waals surface area contributed by atoms with Gasteiger partial charge in [0.2, 0.25) is 5.91 Å². The van der Waals surface area contributed by atoms with Crippen LogP contribution in [0.3, 0.4) is 0 Å². The maximum absolute atomic E-state index is 12.1. The van der Waals surface area contributed by atoms with Crippen molar-refractivity contribution >= 4 is 17.5 Å². The third-order valence-corrected chi connectivity index (χ3v) is 2.38. The first-order valence-corrected chi connectivity index (χ1v) is 6.11. The molecule has 0 saturated heterocycles. The van der Waals surface area contributed by atoms with E-state index in [1.165, 1.54) is 4.90 Å². The van der Waals surface area contributed by atoms with Crippen molar-refractivity contribution < 1.29 is 9.59 Å². The van der Waals surface area contributed by atoms with E-state index in [-0.39, 0.29) is 23.9 Å². The van der Waals surface area contributed by atoms with Gasteiger partial charge in [-0.15, -0.1) is 0 Å². The minimum absolute atomic E-state index is 0.0188. The minimum atomic E-state index is -0.307. The van der Waals surface area contributed by atoms with E-state index in [0.717, 1.165) is 0 Å². The number of carbonyl (C=O) groups excluding carboxylic acids is 2. The van der Waals surface area contributed by atoms with Gasteiger partial charge in [-0.05, 0) is 39.0 Å². The van der Waals surface area contributed by atoms with Gasteiger partial charge >= 0.3 is 0 Å². The number of nitrogen functional groups attached to an aromatic ring is 1. The van der Waals surface area contributed by atoms with Crippen LogP contribution in [0.1, 0.15) is 31.1 Å². The molecule has 0 fully saturated rings. The lowest BCUT2D eigenvalue weighted by Crippen LogP contribution is -2.46. The summed E-state index contributed by atoms with van der Waals surface area (Å²) in [5.74, 6) is -0.413. The van der Waals surface area contributed by atoms with Crippen LogP contribution in [0.15, 0.2) is 24.3 Å². The van der Waals surface area contributed by atoms with Crippen molar-refractivity contribution in [2.24, 2.45) is 0 Å². The molecule has 1 rings (SSSR count). The zero-order valence-electron chi connectivity index (χ0n) is 11.9. The highest BCUT2D eigenvalue weighted by Gasteiger charge is 2.18. The first kappa shape index (κ1) is 15.0. The van der Waals surface area contributed by atoms with E-state index in [4.69, 9.17) is 5.73 Å². The van der Waals surface area contributed by atoms with Gasteiger partial charge in [-0.1, -0.05) is 6.07 Å². The Balaban J connectivity index is 2.66. The molecule has 0 aliphatic heterocycles. The number of nitrogens with zero attached hydrogens (tertiary/aromatic N) is 1. The molecule has 3 N–H and O–H groups in total. The van der Waals surface area contributed by atoms with Crippen LogP contribution < -0.4 is 11.1 Å². The SMILES string of the molecule is CN(CC(=O)NC(C)(C)C)C(=O)c1cccc(N)c1. The molecule has 1 aromatic carbocycles. The highest BCUT2D eigenvalue weighted by Crippen LogP contribution is 2.09. The van der Waals surface area contributed by atoms with Gasteiger partial charge in [0, 0.05) is 23.8 Å². The fraction of sp³-hybridized carbons (Fsp3) is 0.429. The van der Waals surface area contributed by atoms with Gasteiger partial charge in [0.15, 0.2) is 0 Å². The Kier molecular flexibility index (Phi) is 4.53. The third-order valence-electron chi connectivity index (χ3n) is 2.38. The van der Waals surface area contributed by atoms with Crippen LogP contribution >= 0.6 is 0 Å². The molecule has 0 atom stereocenters. The number of hydrogen-bond donors (Lipinski definition) is 2. The Hall–Kier alpha value is -2.04. The Bertz CT molecular complexity index is 478. The van der Waals surface area contributed by atoms with Crippen molar-refractivity contribution in [3.63, 3.8) is 0 Å². The van der Waals surface area contributed by atoms with E-state index < -0.39 is 0 Å². The number of amides is 2. The predicted molar refractivity (Wildman–Crippen MR) is 75.7 cm³/mol. The zero-order valence-corrected chi connectivity index (χ0v) is 11.9. The van der Waals surface area contributed by atoms with E-state index in [9.17, 15) is 9.59 Å². The summed E-state index contributed by atoms with van der Waals surface area (Å²) in [5.41, 5.74) is 6.33. The summed E-state index contributed by atoms with van der Waals surface area (Å²) in [4.78, 5) is 25.2. The number of hydrogen-bond acceptors (Lipinski definition) is 3. The molecule has 19 heavy (non-hydrogen) atoms. The lowest BCUT2D eigenvalue weighted by atomic mass is 10.1. The average molecular weight is 263 g/mol. The Labute approximate surface area is 113 Å². The van der Waals surface area contributed by atoms with Gasteiger partial charge in [0.25, 0.3) is 5.91 Å². The van der Waals surface area contributed by atoms with E-state index >= 15 is 0 Å². The maximum atomic E-state index is 12.1. The van der Waals surface area contributed by atoms with Crippen molar-refractivity contribution in [3.05, 3.63) is 29.8 Å². The first-order valence-electron chi connectivity index (χ1n) is 6.11. The Morgan fingerprint density at radius 2 is 1.95 bits per heavy atom. The van der Waals surface area contributed by atoms with Gasteiger partial charge in [-0.3, -0.25) is 9.59 Å². The summed E-state index contributed by atoms with van der Waals surface area (Å²) in [6.07, 6.45) is 0. The van der Waals surface area contributed by atoms with Crippen LogP contribution in [0.25, 0.3) is 0 Å². The number of nitrogens with one attached hydrogen (secondary N) is 1. The third kappa shape index (κ3) is 4.99. The standard InChI is InChI=1S/C14H21N3O2/c1-14(2,3)16-12(18)9-17(4)13(19)10-6-5-7-11(15)8-10/h5-8H,9,15H2,1-4H3,(H,16,18). The van der Waals surface area contributed by atoms with Gasteiger partial charge in [0.05, 0.1) is 6.54 Å². The molecule has 0 aliphatic carbocycles. The quantitative estimate of drug-likeness (QED) is 0.806. The zero-order chi connectivity index (χ0) is 14.6. The molecule has 2 amide bonds. The molecule has 0 unspecified atom stereocenters. The molecule has 0 radical (unpaired) electrons. The smallest absolute Gasteiger partial charge is 0.254 e. The summed E-state index contributed by atoms with van der Waals surface area (Å²) >= 11 is 0. The fourth-order valence-corrected chi connectivity index (χ4v) is 1.64. The maximum Gasteiger partial charge on any atom is 0.254 e. The molecule has 0 bridgehead atoms. The van der Waals surface area contributed by atoms with Gasteiger partial charge < -0.3 is 16.0 Å². The molecule has 0 heterocycles. The number of carbonyl (C=O) groups is 2. The summed E-state index contributed by atoms with van der Waals surface area (Å²) in [6.45, 7) is 5.70. The molecular formula is C14H21N3O2. The Morgan fingerprint density at radius 1 is 1.32 bits per heavy atom. The van der Waals surface area contributed by atoms with Crippen LogP contribution in [0.2, 0.25) is 0 Å². The van der Waals surface area contributed by atoms with Gasteiger partial charge in [0.1, 0.15) is 0 Å². The molecule has 5 heteroatoms. The van der Waals surface area contributed by atoms with Crippen molar-refractivity contribution in [1.29, 1.82) is 0 Å². The van der Waals surface area contributed by atoms with Crippen LogP contribution in [-0.2, 0) is 4.79 Å². The highest BCUT2D eigenvalue weighted by atomic mass is 16.2. The van der Waals surface area contributed by atoms with Crippen molar-refractivity contribution in [3.8, 4) is 0 Å². The van der Waals surface area contributed by atoms with E-state index in [1.54, 1.807) is 31.3 Å². The Morgan fingerprint density at radius 3 is 2.47 bits per heavy atom. The van der Waals surface area contributed by atoms with Crippen LogP contribution in [0.5, 0.6) is 0 Å². The second-order valence-electron chi connectivity index (χ2n) is 5.58. The molecule has 0 aromatic heterocycles. The van der Waals surface area contributed by atoms with Crippen molar-refractivity contribution in [1.82, 2.24) is 10.2 Å². The normalized spacial score (nSPS) is 10.9. The monoisotopic (exact) mass is 263 g/mol. The molecule has 0 aliphatic rings. The molecule has 1 aromatic rings. The summed E-state index contributed by atoms with van der Waals surface area (Å²) < 4.78 is 0. The number of benzene rings is 1. The van der Waals surface area contributed by atoms with E-state index in [1.807, 2.05) is 20.8 Å². The van der Waals surface area contributed by atoms with Gasteiger partial charge in [-0.2, -0.15) is 0 Å². The minimum Gasteiger partial charge on any atom is -0.399 e. The molecule has 5 nitrogen and oxygen atoms in total. The summed E-state index contributed by atoms with van der Waals surface area (Å²) in [5, 5.41) is 2.81.